The summed E-state index contributed by atoms with van der Waals surface area (Å²) in [6.07, 6.45) is 0. The minimum atomic E-state index is 0.735. The molecule has 0 aromatic heterocycles. The summed E-state index contributed by atoms with van der Waals surface area (Å²) in [5.74, 6) is 0. The molecule has 0 amide bonds. The maximum Gasteiger partial charge on any atom is 0.0663 e. The van der Waals surface area contributed by atoms with Crippen LogP contribution in [0.25, 0.3) is 11.1 Å². The lowest BCUT2D eigenvalue weighted by Gasteiger charge is -2.29. The van der Waals surface area contributed by atoms with Gasteiger partial charge in [-0.1, -0.05) is 41.9 Å². The third kappa shape index (κ3) is 3.84. The van der Waals surface area contributed by atoms with Gasteiger partial charge in [0.05, 0.1) is 16.4 Å². The normalized spacial score (nSPS) is 10.7. The zero-order chi connectivity index (χ0) is 18.7. The largest absolute Gasteiger partial charge is 0.376 e. The van der Waals surface area contributed by atoms with Crippen LogP contribution in [0.1, 0.15) is 6.92 Å². The Labute approximate surface area is 166 Å². The molecule has 0 saturated heterocycles. The Hall–Kier alpha value is -2.10. The molecule has 0 radical (unpaired) electrons. The fourth-order valence-electron chi connectivity index (χ4n) is 3.12. The molecule has 0 unspecified atom stereocenters. The summed E-state index contributed by atoms with van der Waals surface area (Å²) in [7, 11) is 4.12. The Morgan fingerprint density at radius 2 is 1.62 bits per heavy atom. The second-order valence-electron chi connectivity index (χ2n) is 6.35. The van der Waals surface area contributed by atoms with Crippen molar-refractivity contribution in [3.63, 3.8) is 0 Å². The van der Waals surface area contributed by atoms with Crippen LogP contribution in [0.5, 0.6) is 0 Å². The van der Waals surface area contributed by atoms with Gasteiger partial charge >= 0.3 is 0 Å². The molecule has 3 rings (SSSR count). The van der Waals surface area contributed by atoms with E-state index in [0.29, 0.717) is 0 Å². The van der Waals surface area contributed by atoms with E-state index in [1.54, 1.807) is 0 Å². The molecule has 0 aliphatic carbocycles. The second-order valence-corrected chi connectivity index (χ2v) is 7.27. The van der Waals surface area contributed by atoms with Crippen molar-refractivity contribution in [1.29, 1.82) is 0 Å². The minimum Gasteiger partial charge on any atom is -0.376 e. The average Bonchev–Trinajstić information content (AvgIpc) is 2.63. The second kappa shape index (κ2) is 8.07. The van der Waals surface area contributed by atoms with Crippen molar-refractivity contribution in [2.75, 3.05) is 30.4 Å². The lowest BCUT2D eigenvalue weighted by molar-refractivity contribution is 1.01. The first-order valence-electron chi connectivity index (χ1n) is 8.64. The Balaban J connectivity index is 2.16. The van der Waals surface area contributed by atoms with Gasteiger partial charge in [-0.3, -0.25) is 0 Å². The molecular weight excluding hydrogens is 360 g/mol. The van der Waals surface area contributed by atoms with Gasteiger partial charge in [0.2, 0.25) is 0 Å². The van der Waals surface area contributed by atoms with Crippen LogP contribution in [-0.4, -0.2) is 20.6 Å². The van der Waals surface area contributed by atoms with Crippen molar-refractivity contribution in [1.82, 2.24) is 0 Å². The molecule has 2 nitrogen and oxygen atoms in total. The number of para-hydroxylation sites is 1. The Morgan fingerprint density at radius 3 is 2.23 bits per heavy atom. The summed E-state index contributed by atoms with van der Waals surface area (Å²) in [6.45, 7) is 3.01. The maximum atomic E-state index is 6.71. The zero-order valence-corrected chi connectivity index (χ0v) is 16.9. The molecule has 0 fully saturated rings. The monoisotopic (exact) mass is 382 g/mol. The number of halogens is 1. The minimum absolute atomic E-state index is 0.735. The predicted molar refractivity (Wildman–Crippen MR) is 118 cm³/mol. The van der Waals surface area contributed by atoms with E-state index in [9.17, 15) is 0 Å². The highest BCUT2D eigenvalue weighted by Crippen LogP contribution is 2.41. The van der Waals surface area contributed by atoms with Crippen molar-refractivity contribution in [2.24, 2.45) is 0 Å². The fourth-order valence-corrected chi connectivity index (χ4v) is 3.61. The number of benzene rings is 3. The summed E-state index contributed by atoms with van der Waals surface area (Å²) in [5.41, 5.74) is 5.46. The first kappa shape index (κ1) is 18.7. The smallest absolute Gasteiger partial charge is 0.0663 e. The summed E-state index contributed by atoms with van der Waals surface area (Å²) in [5, 5.41) is 0.735. The Kier molecular flexibility index (Phi) is 5.80. The number of hydrogen-bond acceptors (Lipinski definition) is 3. The molecule has 26 heavy (non-hydrogen) atoms. The molecule has 0 bridgehead atoms. The third-order valence-corrected chi connectivity index (χ3v) is 4.97. The summed E-state index contributed by atoms with van der Waals surface area (Å²) < 4.78 is 0. The lowest BCUT2D eigenvalue weighted by Crippen LogP contribution is -2.20. The van der Waals surface area contributed by atoms with Crippen molar-refractivity contribution >= 4 is 41.3 Å². The van der Waals surface area contributed by atoms with Gasteiger partial charge in [0, 0.05) is 36.8 Å². The van der Waals surface area contributed by atoms with Gasteiger partial charge in [-0.05, 0) is 48.9 Å². The number of rotatable bonds is 5. The quantitative estimate of drug-likeness (QED) is 0.502. The zero-order valence-electron chi connectivity index (χ0n) is 15.3. The summed E-state index contributed by atoms with van der Waals surface area (Å²) >= 11 is 11.2. The van der Waals surface area contributed by atoms with Crippen LogP contribution in [0.3, 0.4) is 0 Å². The highest BCUT2D eigenvalue weighted by Gasteiger charge is 2.17. The number of thiol groups is 1. The number of anilines is 3. The van der Waals surface area contributed by atoms with Gasteiger partial charge in [0.15, 0.2) is 0 Å². The molecular formula is C22H23ClN2S. The van der Waals surface area contributed by atoms with Gasteiger partial charge in [-0.15, -0.1) is 12.6 Å². The van der Waals surface area contributed by atoms with Gasteiger partial charge in [-0.25, -0.2) is 0 Å². The van der Waals surface area contributed by atoms with Crippen LogP contribution in [-0.2, 0) is 0 Å². The van der Waals surface area contributed by atoms with E-state index in [0.717, 1.165) is 44.7 Å². The molecule has 3 aromatic rings. The molecule has 134 valence electrons. The first-order valence-corrected chi connectivity index (χ1v) is 9.46. The maximum absolute atomic E-state index is 6.71. The van der Waals surface area contributed by atoms with Crippen molar-refractivity contribution < 1.29 is 0 Å². The molecule has 3 aromatic carbocycles. The van der Waals surface area contributed by atoms with Crippen molar-refractivity contribution in [3.05, 3.63) is 71.8 Å². The van der Waals surface area contributed by atoms with E-state index in [4.69, 9.17) is 11.6 Å². The van der Waals surface area contributed by atoms with Crippen LogP contribution in [0.4, 0.5) is 17.1 Å². The van der Waals surface area contributed by atoms with E-state index in [2.05, 4.69) is 85.9 Å². The van der Waals surface area contributed by atoms with Crippen molar-refractivity contribution in [2.45, 2.75) is 11.8 Å². The molecule has 0 spiro atoms. The SMILES string of the molecule is CCN(c1ccccc1)c1cc(Cl)c(-c2cccc(S)c2)cc1N(C)C. The summed E-state index contributed by atoms with van der Waals surface area (Å²) in [4.78, 5) is 5.33. The van der Waals surface area contributed by atoms with Gasteiger partial charge in [0.25, 0.3) is 0 Å². The summed E-state index contributed by atoms with van der Waals surface area (Å²) in [6, 6.07) is 22.7. The molecule has 0 heterocycles. The van der Waals surface area contributed by atoms with E-state index >= 15 is 0 Å². The predicted octanol–water partition coefficient (Wildman–Crippen LogP) is 6.52. The number of hydrogen-bond donors (Lipinski definition) is 1. The van der Waals surface area contributed by atoms with Gasteiger partial charge < -0.3 is 9.80 Å². The first-order chi connectivity index (χ1) is 12.5. The lowest BCUT2D eigenvalue weighted by atomic mass is 10.0. The molecule has 4 heteroatoms. The molecule has 0 aliphatic rings. The average molecular weight is 383 g/mol. The van der Waals surface area contributed by atoms with Gasteiger partial charge in [-0.2, -0.15) is 0 Å². The third-order valence-electron chi connectivity index (χ3n) is 4.38. The van der Waals surface area contributed by atoms with Crippen LogP contribution in [0.2, 0.25) is 5.02 Å². The Morgan fingerprint density at radius 1 is 0.885 bits per heavy atom. The van der Waals surface area contributed by atoms with Gasteiger partial charge in [0.1, 0.15) is 0 Å². The van der Waals surface area contributed by atoms with Crippen LogP contribution >= 0.6 is 24.2 Å². The van der Waals surface area contributed by atoms with Crippen LogP contribution < -0.4 is 9.80 Å². The fraction of sp³-hybridized carbons (Fsp3) is 0.182. The molecule has 0 saturated carbocycles. The Bertz CT molecular complexity index is 894. The topological polar surface area (TPSA) is 6.48 Å². The van der Waals surface area contributed by atoms with E-state index in [1.807, 2.05) is 24.3 Å². The van der Waals surface area contributed by atoms with E-state index in [-0.39, 0.29) is 0 Å². The van der Waals surface area contributed by atoms with Crippen LogP contribution in [0, 0.1) is 0 Å². The van der Waals surface area contributed by atoms with Crippen LogP contribution in [0.15, 0.2) is 71.6 Å². The molecule has 0 aliphatic heterocycles. The van der Waals surface area contributed by atoms with E-state index in [1.165, 1.54) is 0 Å². The number of nitrogens with zero attached hydrogens (tertiary/aromatic N) is 2. The molecule has 0 atom stereocenters. The van der Waals surface area contributed by atoms with E-state index < -0.39 is 0 Å². The highest BCUT2D eigenvalue weighted by atomic mass is 35.5. The molecule has 0 N–H and O–H groups in total. The van der Waals surface area contributed by atoms with Crippen molar-refractivity contribution in [3.8, 4) is 11.1 Å². The standard InChI is InChI=1S/C22H23ClN2S/c1-4-25(17-10-6-5-7-11-17)22-15-20(23)19(14-21(22)24(2)3)16-9-8-12-18(26)13-16/h5-15,26H,4H2,1-3H3. The highest BCUT2D eigenvalue weighted by molar-refractivity contribution is 7.80.